The van der Waals surface area contributed by atoms with E-state index in [9.17, 15) is 4.79 Å². The smallest absolute Gasteiger partial charge is 0.250 e. The van der Waals surface area contributed by atoms with Crippen molar-refractivity contribution in [1.29, 1.82) is 0 Å². The monoisotopic (exact) mass is 533 g/mol. The molecule has 1 amide bonds. The molecule has 0 saturated heterocycles. The first-order chi connectivity index (χ1) is 14.7. The van der Waals surface area contributed by atoms with Crippen LogP contribution in [0.25, 0.3) is 0 Å². The molecule has 3 rings (SSSR count). The Bertz CT molecular complexity index is 1010. The number of hydrogen-bond acceptors (Lipinski definition) is 7. The summed E-state index contributed by atoms with van der Waals surface area (Å²) in [5.74, 6) is 0.720. The fourth-order valence-corrected chi connectivity index (χ4v) is 3.53. The SMILES string of the molecule is C=CCn1c(CNc2ccc(I)cc2)nnc1SCC(=O)N/N=C\c1ccncc1. The molecule has 2 aromatic heterocycles. The van der Waals surface area contributed by atoms with Crippen LogP contribution >= 0.6 is 34.4 Å². The normalized spacial score (nSPS) is 10.8. The van der Waals surface area contributed by atoms with Gasteiger partial charge in [0.2, 0.25) is 0 Å². The van der Waals surface area contributed by atoms with E-state index < -0.39 is 0 Å². The number of aromatic nitrogens is 4. The maximum absolute atomic E-state index is 12.1. The van der Waals surface area contributed by atoms with Gasteiger partial charge in [-0.25, -0.2) is 5.43 Å². The predicted molar refractivity (Wildman–Crippen MR) is 127 cm³/mol. The van der Waals surface area contributed by atoms with Gasteiger partial charge < -0.3 is 9.88 Å². The summed E-state index contributed by atoms with van der Waals surface area (Å²) in [6, 6.07) is 11.7. The minimum absolute atomic E-state index is 0.174. The molecule has 0 fully saturated rings. The van der Waals surface area contributed by atoms with Gasteiger partial charge in [-0.3, -0.25) is 9.78 Å². The van der Waals surface area contributed by atoms with Crippen molar-refractivity contribution >= 4 is 52.2 Å². The third-order valence-electron chi connectivity index (χ3n) is 3.84. The molecule has 0 radical (unpaired) electrons. The number of rotatable bonds is 10. The quantitative estimate of drug-likeness (QED) is 0.137. The largest absolute Gasteiger partial charge is 0.378 e. The van der Waals surface area contributed by atoms with E-state index in [4.69, 9.17) is 0 Å². The average Bonchev–Trinajstić information content (AvgIpc) is 3.14. The van der Waals surface area contributed by atoms with Gasteiger partial charge in [-0.2, -0.15) is 5.10 Å². The Labute approximate surface area is 192 Å². The standard InChI is InChI=1S/C20H20IN7OS/c1-2-11-28-18(13-23-17-5-3-16(21)4-6-17)25-27-20(28)30-14-19(29)26-24-12-15-7-9-22-10-8-15/h2-10,12,23H,1,11,13-14H2,(H,26,29)/b24-12-. The molecule has 2 heterocycles. The van der Waals surface area contributed by atoms with Gasteiger partial charge in [0.1, 0.15) is 0 Å². The second-order valence-electron chi connectivity index (χ2n) is 6.02. The lowest BCUT2D eigenvalue weighted by Crippen LogP contribution is -2.20. The van der Waals surface area contributed by atoms with Gasteiger partial charge in [0, 0.05) is 28.2 Å². The Morgan fingerprint density at radius 3 is 2.70 bits per heavy atom. The Kier molecular flexibility index (Phi) is 8.39. The molecule has 30 heavy (non-hydrogen) atoms. The lowest BCUT2D eigenvalue weighted by Gasteiger charge is -2.09. The van der Waals surface area contributed by atoms with Crippen LogP contribution < -0.4 is 10.7 Å². The van der Waals surface area contributed by atoms with Crippen molar-refractivity contribution in [3.63, 3.8) is 0 Å². The predicted octanol–water partition coefficient (Wildman–Crippen LogP) is 3.32. The molecule has 0 unspecified atom stereocenters. The van der Waals surface area contributed by atoms with Crippen LogP contribution in [0.2, 0.25) is 0 Å². The summed E-state index contributed by atoms with van der Waals surface area (Å²) in [5.41, 5.74) is 4.37. The van der Waals surface area contributed by atoms with Crippen LogP contribution in [-0.4, -0.2) is 37.6 Å². The molecule has 10 heteroatoms. The molecule has 1 aromatic carbocycles. The number of pyridine rings is 1. The van der Waals surface area contributed by atoms with Crippen LogP contribution in [0.3, 0.4) is 0 Å². The van der Waals surface area contributed by atoms with Gasteiger partial charge in [0.05, 0.1) is 18.5 Å². The minimum atomic E-state index is -0.225. The molecule has 3 aromatic rings. The van der Waals surface area contributed by atoms with Crippen molar-refractivity contribution in [2.45, 2.75) is 18.2 Å². The van der Waals surface area contributed by atoms with E-state index in [1.54, 1.807) is 36.8 Å². The van der Waals surface area contributed by atoms with Crippen molar-refractivity contribution in [1.82, 2.24) is 25.2 Å². The summed E-state index contributed by atoms with van der Waals surface area (Å²) < 4.78 is 3.11. The number of nitrogens with one attached hydrogen (secondary N) is 2. The Morgan fingerprint density at radius 2 is 1.97 bits per heavy atom. The summed E-state index contributed by atoms with van der Waals surface area (Å²) in [7, 11) is 0. The van der Waals surface area contributed by atoms with Gasteiger partial charge in [-0.05, 0) is 64.6 Å². The lowest BCUT2D eigenvalue weighted by molar-refractivity contribution is -0.118. The highest BCUT2D eigenvalue weighted by atomic mass is 127. The summed E-state index contributed by atoms with van der Waals surface area (Å²) >= 11 is 3.57. The average molecular weight is 533 g/mol. The Balaban J connectivity index is 1.54. The van der Waals surface area contributed by atoms with Crippen molar-refractivity contribution in [2.75, 3.05) is 11.1 Å². The van der Waals surface area contributed by atoms with E-state index in [0.717, 1.165) is 17.1 Å². The maximum Gasteiger partial charge on any atom is 0.250 e. The number of amides is 1. The van der Waals surface area contributed by atoms with Crippen LogP contribution in [0.4, 0.5) is 5.69 Å². The second-order valence-corrected chi connectivity index (χ2v) is 8.21. The maximum atomic E-state index is 12.1. The van der Waals surface area contributed by atoms with Crippen LogP contribution in [0.1, 0.15) is 11.4 Å². The van der Waals surface area contributed by atoms with Crippen LogP contribution in [-0.2, 0) is 17.9 Å². The van der Waals surface area contributed by atoms with E-state index in [1.807, 2.05) is 28.8 Å². The first-order valence-electron chi connectivity index (χ1n) is 9.03. The number of benzene rings is 1. The van der Waals surface area contributed by atoms with E-state index >= 15 is 0 Å². The molecule has 0 saturated carbocycles. The first kappa shape index (κ1) is 22.0. The number of halogens is 1. The van der Waals surface area contributed by atoms with Crippen LogP contribution in [0.5, 0.6) is 0 Å². The topological polar surface area (TPSA) is 97.1 Å². The number of carbonyl (C=O) groups excluding carboxylic acids is 1. The van der Waals surface area contributed by atoms with Crippen molar-refractivity contribution in [3.05, 3.63) is 76.4 Å². The molecule has 0 aliphatic carbocycles. The van der Waals surface area contributed by atoms with E-state index in [1.165, 1.54) is 15.3 Å². The summed E-state index contributed by atoms with van der Waals surface area (Å²) in [5, 5.41) is 16.4. The number of thioether (sulfide) groups is 1. The molecule has 0 aliphatic heterocycles. The van der Waals surface area contributed by atoms with Crippen LogP contribution in [0.15, 0.2) is 71.7 Å². The number of hydrazone groups is 1. The van der Waals surface area contributed by atoms with Crippen molar-refractivity contribution in [2.24, 2.45) is 5.10 Å². The Hall–Kier alpha value is -2.73. The highest BCUT2D eigenvalue weighted by Gasteiger charge is 2.13. The molecule has 0 spiro atoms. The van der Waals surface area contributed by atoms with Gasteiger partial charge in [0.15, 0.2) is 11.0 Å². The summed E-state index contributed by atoms with van der Waals surface area (Å²) in [6.45, 7) is 4.88. The van der Waals surface area contributed by atoms with Gasteiger partial charge in [0.25, 0.3) is 5.91 Å². The fraction of sp³-hybridized carbons (Fsp3) is 0.150. The van der Waals surface area contributed by atoms with Gasteiger partial charge in [-0.1, -0.05) is 17.8 Å². The Morgan fingerprint density at radius 1 is 1.20 bits per heavy atom. The molecule has 8 nitrogen and oxygen atoms in total. The third kappa shape index (κ3) is 6.66. The molecule has 2 N–H and O–H groups in total. The van der Waals surface area contributed by atoms with E-state index in [2.05, 4.69) is 60.2 Å². The van der Waals surface area contributed by atoms with Crippen LogP contribution in [0, 0.1) is 3.57 Å². The minimum Gasteiger partial charge on any atom is -0.378 e. The van der Waals surface area contributed by atoms with Gasteiger partial charge >= 0.3 is 0 Å². The lowest BCUT2D eigenvalue weighted by atomic mass is 10.3. The number of anilines is 1. The molecule has 0 atom stereocenters. The van der Waals surface area contributed by atoms with Crippen molar-refractivity contribution in [3.8, 4) is 0 Å². The molecule has 154 valence electrons. The summed E-state index contributed by atoms with van der Waals surface area (Å²) in [4.78, 5) is 16.0. The zero-order valence-corrected chi connectivity index (χ0v) is 19.0. The number of carbonyl (C=O) groups is 1. The molecular weight excluding hydrogens is 513 g/mol. The first-order valence-corrected chi connectivity index (χ1v) is 11.1. The number of allylic oxidation sites excluding steroid dienone is 1. The van der Waals surface area contributed by atoms with E-state index in [0.29, 0.717) is 18.2 Å². The van der Waals surface area contributed by atoms with Gasteiger partial charge in [-0.15, -0.1) is 16.8 Å². The zero-order valence-electron chi connectivity index (χ0n) is 16.0. The molecule has 0 aliphatic rings. The molecular formula is C20H20IN7OS. The van der Waals surface area contributed by atoms with Crippen molar-refractivity contribution < 1.29 is 4.79 Å². The van der Waals surface area contributed by atoms with E-state index in [-0.39, 0.29) is 11.7 Å². The zero-order chi connectivity index (χ0) is 21.2. The highest BCUT2D eigenvalue weighted by molar-refractivity contribution is 14.1. The number of nitrogens with zero attached hydrogens (tertiary/aromatic N) is 5. The summed E-state index contributed by atoms with van der Waals surface area (Å²) in [6.07, 6.45) is 6.67. The number of hydrogen-bond donors (Lipinski definition) is 2. The highest BCUT2D eigenvalue weighted by Crippen LogP contribution is 2.18. The third-order valence-corrected chi connectivity index (χ3v) is 5.53. The fourth-order valence-electron chi connectivity index (χ4n) is 2.41. The second kappa shape index (κ2) is 11.5. The molecule has 0 bridgehead atoms.